The Bertz CT molecular complexity index is 363. The summed E-state index contributed by atoms with van der Waals surface area (Å²) in [6.07, 6.45) is -0.318. The molecule has 1 N–H and O–H groups in total. The van der Waals surface area contributed by atoms with Crippen molar-refractivity contribution in [1.82, 2.24) is 0 Å². The molecule has 0 heterocycles. The monoisotopic (exact) mass is 223 g/mol. The molecule has 1 unspecified atom stereocenters. The highest BCUT2D eigenvalue weighted by Gasteiger charge is 2.09. The quantitative estimate of drug-likeness (QED) is 0.829. The third kappa shape index (κ3) is 3.81. The second kappa shape index (κ2) is 5.39. The summed E-state index contributed by atoms with van der Waals surface area (Å²) in [6.45, 7) is 1.75. The molecular weight excluding hydrogens is 206 g/mol. The van der Waals surface area contributed by atoms with Gasteiger partial charge in [-0.1, -0.05) is 6.07 Å². The number of carboxylic acid groups (broad SMARTS) is 1. The first-order valence-corrected chi connectivity index (χ1v) is 5.15. The zero-order valence-electron chi connectivity index (χ0n) is 9.80. The lowest BCUT2D eigenvalue weighted by Crippen LogP contribution is -2.17. The van der Waals surface area contributed by atoms with Crippen LogP contribution in [0.25, 0.3) is 0 Å². The van der Waals surface area contributed by atoms with Crippen LogP contribution in [0.15, 0.2) is 24.3 Å². The standard InChI is InChI=1S/C12H17NO3/c1-9(7-12(14)15)16-11-6-4-5-10(8-11)13(2)3/h4-6,8-9H,7H2,1-3H3,(H,14,15). The van der Waals surface area contributed by atoms with Gasteiger partial charge in [0.05, 0.1) is 6.42 Å². The van der Waals surface area contributed by atoms with Crippen LogP contribution in [0.2, 0.25) is 0 Å². The van der Waals surface area contributed by atoms with Crippen molar-refractivity contribution in [3.8, 4) is 5.75 Å². The highest BCUT2D eigenvalue weighted by molar-refractivity contribution is 5.67. The molecule has 0 saturated carbocycles. The van der Waals surface area contributed by atoms with Gasteiger partial charge in [-0.25, -0.2) is 0 Å². The van der Waals surface area contributed by atoms with Crippen molar-refractivity contribution >= 4 is 11.7 Å². The summed E-state index contributed by atoms with van der Waals surface area (Å²) in [7, 11) is 3.89. The molecule has 0 aliphatic carbocycles. The molecular formula is C12H17NO3. The number of carbonyl (C=O) groups is 1. The van der Waals surface area contributed by atoms with Crippen LogP contribution in [0.3, 0.4) is 0 Å². The molecule has 0 amide bonds. The molecule has 0 aromatic heterocycles. The summed E-state index contributed by atoms with van der Waals surface area (Å²) in [6, 6.07) is 7.57. The van der Waals surface area contributed by atoms with E-state index in [0.29, 0.717) is 5.75 Å². The maximum absolute atomic E-state index is 10.5. The molecule has 0 spiro atoms. The van der Waals surface area contributed by atoms with E-state index in [0.717, 1.165) is 5.69 Å². The fourth-order valence-electron chi connectivity index (χ4n) is 1.35. The van der Waals surface area contributed by atoms with Crippen molar-refractivity contribution in [2.24, 2.45) is 0 Å². The largest absolute Gasteiger partial charge is 0.490 e. The van der Waals surface area contributed by atoms with E-state index in [1.807, 2.05) is 43.3 Å². The Morgan fingerprint density at radius 3 is 2.75 bits per heavy atom. The van der Waals surface area contributed by atoms with Gasteiger partial charge in [-0.15, -0.1) is 0 Å². The molecule has 0 saturated heterocycles. The van der Waals surface area contributed by atoms with Gasteiger partial charge in [-0.3, -0.25) is 4.79 Å². The van der Waals surface area contributed by atoms with Crippen LogP contribution >= 0.6 is 0 Å². The van der Waals surface area contributed by atoms with E-state index < -0.39 is 5.97 Å². The van der Waals surface area contributed by atoms with Gasteiger partial charge in [0.15, 0.2) is 0 Å². The summed E-state index contributed by atoms with van der Waals surface area (Å²) in [4.78, 5) is 12.5. The Morgan fingerprint density at radius 2 is 2.19 bits per heavy atom. The molecule has 0 bridgehead atoms. The Morgan fingerprint density at radius 1 is 1.50 bits per heavy atom. The summed E-state index contributed by atoms with van der Waals surface area (Å²) in [5.41, 5.74) is 1.03. The predicted molar refractivity (Wildman–Crippen MR) is 63.1 cm³/mol. The van der Waals surface area contributed by atoms with E-state index in [4.69, 9.17) is 9.84 Å². The van der Waals surface area contributed by atoms with Crippen LogP contribution in [0.1, 0.15) is 13.3 Å². The molecule has 88 valence electrons. The summed E-state index contributed by atoms with van der Waals surface area (Å²) < 4.78 is 5.51. The fourth-order valence-corrected chi connectivity index (χ4v) is 1.35. The zero-order valence-corrected chi connectivity index (χ0v) is 9.80. The number of hydrogen-bond acceptors (Lipinski definition) is 3. The van der Waals surface area contributed by atoms with Gasteiger partial charge in [-0.2, -0.15) is 0 Å². The fraction of sp³-hybridized carbons (Fsp3) is 0.417. The van der Waals surface area contributed by atoms with Crippen LogP contribution in [0.5, 0.6) is 5.75 Å². The average Bonchev–Trinajstić information content (AvgIpc) is 2.16. The number of hydrogen-bond donors (Lipinski definition) is 1. The normalized spacial score (nSPS) is 11.9. The number of anilines is 1. The Kier molecular flexibility index (Phi) is 4.17. The van der Waals surface area contributed by atoms with E-state index in [1.54, 1.807) is 6.92 Å². The van der Waals surface area contributed by atoms with Crippen molar-refractivity contribution in [3.63, 3.8) is 0 Å². The number of rotatable bonds is 5. The van der Waals surface area contributed by atoms with Crippen molar-refractivity contribution < 1.29 is 14.6 Å². The molecule has 0 aliphatic heterocycles. The molecule has 16 heavy (non-hydrogen) atoms. The van der Waals surface area contributed by atoms with E-state index in [-0.39, 0.29) is 12.5 Å². The number of nitrogens with zero attached hydrogens (tertiary/aromatic N) is 1. The second-order valence-corrected chi connectivity index (χ2v) is 3.92. The molecule has 4 nitrogen and oxygen atoms in total. The maximum atomic E-state index is 10.5. The van der Waals surface area contributed by atoms with E-state index in [1.165, 1.54) is 0 Å². The topological polar surface area (TPSA) is 49.8 Å². The highest BCUT2D eigenvalue weighted by atomic mass is 16.5. The number of ether oxygens (including phenoxy) is 1. The van der Waals surface area contributed by atoms with Crippen LogP contribution in [-0.4, -0.2) is 31.3 Å². The first-order chi connectivity index (χ1) is 7.49. The molecule has 4 heteroatoms. The molecule has 0 fully saturated rings. The average molecular weight is 223 g/mol. The summed E-state index contributed by atoms with van der Waals surface area (Å²) >= 11 is 0. The molecule has 1 aromatic carbocycles. The smallest absolute Gasteiger partial charge is 0.307 e. The Balaban J connectivity index is 2.66. The lowest BCUT2D eigenvalue weighted by atomic mass is 10.2. The second-order valence-electron chi connectivity index (χ2n) is 3.92. The van der Waals surface area contributed by atoms with Crippen LogP contribution in [-0.2, 0) is 4.79 Å². The van der Waals surface area contributed by atoms with Crippen molar-refractivity contribution in [2.75, 3.05) is 19.0 Å². The minimum Gasteiger partial charge on any atom is -0.490 e. The van der Waals surface area contributed by atoms with Crippen LogP contribution in [0, 0.1) is 0 Å². The highest BCUT2D eigenvalue weighted by Crippen LogP contribution is 2.20. The van der Waals surface area contributed by atoms with E-state index in [9.17, 15) is 4.79 Å². The maximum Gasteiger partial charge on any atom is 0.307 e. The van der Waals surface area contributed by atoms with Gasteiger partial charge in [0.2, 0.25) is 0 Å². The SMILES string of the molecule is CC(CC(=O)O)Oc1cccc(N(C)C)c1. The zero-order chi connectivity index (χ0) is 12.1. The first-order valence-electron chi connectivity index (χ1n) is 5.15. The predicted octanol–water partition coefficient (Wildman–Crippen LogP) is 1.99. The lowest BCUT2D eigenvalue weighted by molar-refractivity contribution is -0.138. The minimum atomic E-state index is -0.851. The van der Waals surface area contributed by atoms with Crippen LogP contribution in [0.4, 0.5) is 5.69 Å². The van der Waals surface area contributed by atoms with Gasteiger partial charge >= 0.3 is 5.97 Å². The van der Waals surface area contributed by atoms with Crippen molar-refractivity contribution in [2.45, 2.75) is 19.4 Å². The van der Waals surface area contributed by atoms with Gasteiger partial charge in [0.25, 0.3) is 0 Å². The van der Waals surface area contributed by atoms with Gasteiger partial charge in [0.1, 0.15) is 11.9 Å². The minimum absolute atomic E-state index is 0.00614. The molecule has 0 radical (unpaired) electrons. The van der Waals surface area contributed by atoms with E-state index >= 15 is 0 Å². The third-order valence-corrected chi connectivity index (χ3v) is 2.13. The number of carboxylic acids is 1. The van der Waals surface area contributed by atoms with Gasteiger partial charge in [0, 0.05) is 25.8 Å². The Labute approximate surface area is 95.5 Å². The van der Waals surface area contributed by atoms with Crippen LogP contribution < -0.4 is 9.64 Å². The molecule has 1 atom stereocenters. The van der Waals surface area contributed by atoms with Gasteiger partial charge in [-0.05, 0) is 19.1 Å². The van der Waals surface area contributed by atoms with Crippen molar-refractivity contribution in [3.05, 3.63) is 24.3 Å². The summed E-state index contributed by atoms with van der Waals surface area (Å²) in [5, 5.41) is 8.62. The number of aliphatic carboxylic acids is 1. The molecule has 0 aliphatic rings. The molecule has 1 rings (SSSR count). The molecule has 1 aromatic rings. The van der Waals surface area contributed by atoms with E-state index in [2.05, 4.69) is 0 Å². The number of benzene rings is 1. The lowest BCUT2D eigenvalue weighted by Gasteiger charge is -2.16. The first kappa shape index (κ1) is 12.4. The Hall–Kier alpha value is -1.71. The summed E-state index contributed by atoms with van der Waals surface area (Å²) in [5.74, 6) is -0.156. The van der Waals surface area contributed by atoms with Gasteiger partial charge < -0.3 is 14.7 Å². The van der Waals surface area contributed by atoms with Crippen molar-refractivity contribution in [1.29, 1.82) is 0 Å². The third-order valence-electron chi connectivity index (χ3n) is 2.13.